The Balaban J connectivity index is 1.58. The zero-order valence-electron chi connectivity index (χ0n) is 17.7. The van der Waals surface area contributed by atoms with Crippen molar-refractivity contribution in [3.63, 3.8) is 0 Å². The highest BCUT2D eigenvalue weighted by molar-refractivity contribution is 6.30. The van der Waals surface area contributed by atoms with E-state index in [1.807, 2.05) is 26.0 Å². The number of hydrogen-bond acceptors (Lipinski definition) is 2. The van der Waals surface area contributed by atoms with Gasteiger partial charge in [-0.25, -0.2) is 4.79 Å². The summed E-state index contributed by atoms with van der Waals surface area (Å²) >= 11 is 5.91. The van der Waals surface area contributed by atoms with Crippen LogP contribution in [-0.4, -0.2) is 29.4 Å². The molecule has 0 unspecified atom stereocenters. The van der Waals surface area contributed by atoms with Crippen LogP contribution >= 0.6 is 11.6 Å². The van der Waals surface area contributed by atoms with Crippen LogP contribution in [0.5, 0.6) is 0 Å². The molecule has 0 bridgehead atoms. The third-order valence-corrected chi connectivity index (χ3v) is 6.02. The summed E-state index contributed by atoms with van der Waals surface area (Å²) in [7, 11) is 0. The Morgan fingerprint density at radius 1 is 1.17 bits per heavy atom. The standard InChI is InChI=1S/C24H30ClN3O2/c1-3-17(2)28(24(30)26-20-13-11-19(25)12-14-20)16-15-23(29)27-22-10-6-8-18-7-4-5-9-21(18)22/h4-5,7,9,11-14,17,22H,3,6,8,10,15-16H2,1-2H3,(H,26,30)(H,27,29)/t17-,22+/m0/s1. The molecule has 3 amide bonds. The van der Waals surface area contributed by atoms with E-state index >= 15 is 0 Å². The molecule has 6 heteroatoms. The van der Waals surface area contributed by atoms with E-state index in [-0.39, 0.29) is 30.4 Å². The van der Waals surface area contributed by atoms with Crippen LogP contribution < -0.4 is 10.6 Å². The van der Waals surface area contributed by atoms with E-state index in [0.29, 0.717) is 17.3 Å². The number of benzene rings is 2. The number of hydrogen-bond donors (Lipinski definition) is 2. The summed E-state index contributed by atoms with van der Waals surface area (Å²) in [5, 5.41) is 6.69. The van der Waals surface area contributed by atoms with Crippen molar-refractivity contribution >= 4 is 29.2 Å². The normalized spacial score (nSPS) is 16.3. The molecule has 30 heavy (non-hydrogen) atoms. The number of anilines is 1. The van der Waals surface area contributed by atoms with Crippen molar-refractivity contribution in [2.45, 2.75) is 58.0 Å². The highest BCUT2D eigenvalue weighted by atomic mass is 35.5. The smallest absolute Gasteiger partial charge is 0.322 e. The Hall–Kier alpha value is -2.53. The molecule has 3 rings (SSSR count). The van der Waals surface area contributed by atoms with Crippen LogP contribution in [0, 0.1) is 0 Å². The molecule has 0 radical (unpaired) electrons. The summed E-state index contributed by atoms with van der Waals surface area (Å²) in [5.41, 5.74) is 3.22. The fraction of sp³-hybridized carbons (Fsp3) is 0.417. The van der Waals surface area contributed by atoms with Crippen molar-refractivity contribution in [2.24, 2.45) is 0 Å². The molecule has 2 N–H and O–H groups in total. The summed E-state index contributed by atoms with van der Waals surface area (Å²) in [4.78, 5) is 27.2. The highest BCUT2D eigenvalue weighted by Gasteiger charge is 2.23. The van der Waals surface area contributed by atoms with Gasteiger partial charge in [0.1, 0.15) is 0 Å². The highest BCUT2D eigenvalue weighted by Crippen LogP contribution is 2.29. The molecular weight excluding hydrogens is 398 g/mol. The number of carbonyl (C=O) groups excluding carboxylic acids is 2. The Bertz CT molecular complexity index is 869. The average molecular weight is 428 g/mol. The number of carbonyl (C=O) groups is 2. The van der Waals surface area contributed by atoms with Gasteiger partial charge in [-0.15, -0.1) is 0 Å². The molecule has 0 heterocycles. The van der Waals surface area contributed by atoms with E-state index in [1.54, 1.807) is 29.2 Å². The predicted octanol–water partition coefficient (Wildman–Crippen LogP) is 5.56. The molecule has 0 aromatic heterocycles. The van der Waals surface area contributed by atoms with Crippen molar-refractivity contribution in [2.75, 3.05) is 11.9 Å². The van der Waals surface area contributed by atoms with Crippen LogP contribution in [0.15, 0.2) is 48.5 Å². The van der Waals surface area contributed by atoms with Crippen molar-refractivity contribution in [1.29, 1.82) is 0 Å². The maximum Gasteiger partial charge on any atom is 0.322 e. The largest absolute Gasteiger partial charge is 0.349 e. The molecule has 2 atom stereocenters. The first-order valence-corrected chi connectivity index (χ1v) is 11.1. The number of aryl methyl sites for hydroxylation is 1. The third kappa shape index (κ3) is 5.76. The SMILES string of the molecule is CC[C@H](C)N(CCC(=O)N[C@@H]1CCCc2ccccc21)C(=O)Nc1ccc(Cl)cc1. The molecule has 0 fully saturated rings. The molecule has 0 spiro atoms. The average Bonchev–Trinajstić information content (AvgIpc) is 2.75. The Morgan fingerprint density at radius 3 is 2.63 bits per heavy atom. The van der Waals surface area contributed by atoms with Crippen molar-refractivity contribution < 1.29 is 9.59 Å². The van der Waals surface area contributed by atoms with Gasteiger partial charge in [0.15, 0.2) is 0 Å². The lowest BCUT2D eigenvalue weighted by Crippen LogP contribution is -2.43. The molecule has 0 aliphatic heterocycles. The monoisotopic (exact) mass is 427 g/mol. The fourth-order valence-electron chi connectivity index (χ4n) is 3.86. The molecule has 0 saturated heterocycles. The zero-order valence-corrected chi connectivity index (χ0v) is 18.4. The molecule has 2 aromatic rings. The molecular formula is C24H30ClN3O2. The number of nitrogens with one attached hydrogen (secondary N) is 2. The van der Waals surface area contributed by atoms with E-state index in [1.165, 1.54) is 11.1 Å². The first kappa shape index (κ1) is 22.2. The summed E-state index contributed by atoms with van der Waals surface area (Å²) in [6, 6.07) is 15.2. The Labute approximate surface area is 183 Å². The van der Waals surface area contributed by atoms with Crippen molar-refractivity contribution in [3.05, 3.63) is 64.7 Å². The van der Waals surface area contributed by atoms with Gasteiger partial charge < -0.3 is 15.5 Å². The van der Waals surface area contributed by atoms with Crippen molar-refractivity contribution in [1.82, 2.24) is 10.2 Å². The molecule has 1 aliphatic rings. The lowest BCUT2D eigenvalue weighted by molar-refractivity contribution is -0.122. The quantitative estimate of drug-likeness (QED) is 0.607. The van der Waals surface area contributed by atoms with Gasteiger partial charge in [0.25, 0.3) is 0 Å². The number of halogens is 1. The van der Waals surface area contributed by atoms with E-state index in [4.69, 9.17) is 11.6 Å². The lowest BCUT2D eigenvalue weighted by Gasteiger charge is -2.30. The summed E-state index contributed by atoms with van der Waals surface area (Å²) < 4.78 is 0. The van der Waals surface area contributed by atoms with Crippen LogP contribution in [0.4, 0.5) is 10.5 Å². The molecule has 160 valence electrons. The number of rotatable bonds is 7. The van der Waals surface area contributed by atoms with Crippen LogP contribution in [0.1, 0.15) is 56.7 Å². The molecule has 5 nitrogen and oxygen atoms in total. The first-order chi connectivity index (χ1) is 14.5. The van der Waals surface area contributed by atoms with Gasteiger partial charge >= 0.3 is 6.03 Å². The van der Waals surface area contributed by atoms with E-state index in [9.17, 15) is 9.59 Å². The van der Waals surface area contributed by atoms with E-state index < -0.39 is 0 Å². The van der Waals surface area contributed by atoms with Crippen LogP contribution in [-0.2, 0) is 11.2 Å². The van der Waals surface area contributed by atoms with Gasteiger partial charge in [0.05, 0.1) is 6.04 Å². The maximum absolute atomic E-state index is 12.8. The fourth-order valence-corrected chi connectivity index (χ4v) is 3.99. The van der Waals surface area contributed by atoms with Gasteiger partial charge in [0.2, 0.25) is 5.91 Å². The van der Waals surface area contributed by atoms with Crippen molar-refractivity contribution in [3.8, 4) is 0 Å². The molecule has 0 saturated carbocycles. The maximum atomic E-state index is 12.8. The zero-order chi connectivity index (χ0) is 21.5. The van der Waals surface area contributed by atoms with Gasteiger partial charge in [-0.3, -0.25) is 4.79 Å². The van der Waals surface area contributed by atoms with Gasteiger partial charge in [0, 0.05) is 29.7 Å². The topological polar surface area (TPSA) is 61.4 Å². The minimum absolute atomic E-state index is 0.0238. The number of fused-ring (bicyclic) bond motifs is 1. The van der Waals surface area contributed by atoms with Gasteiger partial charge in [-0.05, 0) is 68.0 Å². The van der Waals surface area contributed by atoms with Crippen LogP contribution in [0.3, 0.4) is 0 Å². The van der Waals surface area contributed by atoms with E-state index in [2.05, 4.69) is 22.8 Å². The second kappa shape index (κ2) is 10.5. The minimum atomic E-state index is -0.206. The number of urea groups is 1. The minimum Gasteiger partial charge on any atom is -0.349 e. The van der Waals surface area contributed by atoms with Gasteiger partial charge in [-0.1, -0.05) is 42.8 Å². The Kier molecular flexibility index (Phi) is 7.75. The van der Waals surface area contributed by atoms with Crippen LogP contribution in [0.25, 0.3) is 0 Å². The third-order valence-electron chi connectivity index (χ3n) is 5.76. The van der Waals surface area contributed by atoms with Crippen LogP contribution in [0.2, 0.25) is 5.02 Å². The second-order valence-corrected chi connectivity index (χ2v) is 8.29. The summed E-state index contributed by atoms with van der Waals surface area (Å²) in [6.45, 7) is 4.40. The summed E-state index contributed by atoms with van der Waals surface area (Å²) in [6.07, 6.45) is 4.18. The Morgan fingerprint density at radius 2 is 1.90 bits per heavy atom. The number of amides is 3. The summed E-state index contributed by atoms with van der Waals surface area (Å²) in [5.74, 6) is -0.0238. The first-order valence-electron chi connectivity index (χ1n) is 10.7. The predicted molar refractivity (Wildman–Crippen MR) is 122 cm³/mol. The lowest BCUT2D eigenvalue weighted by atomic mass is 9.87. The second-order valence-electron chi connectivity index (χ2n) is 7.85. The molecule has 1 aliphatic carbocycles. The van der Waals surface area contributed by atoms with Gasteiger partial charge in [-0.2, -0.15) is 0 Å². The van der Waals surface area contributed by atoms with E-state index in [0.717, 1.165) is 25.7 Å². The molecule has 2 aromatic carbocycles. The number of nitrogens with zero attached hydrogens (tertiary/aromatic N) is 1.